The minimum absolute atomic E-state index is 0.0486. The number of ether oxygens (including phenoxy) is 2. The zero-order valence-corrected chi connectivity index (χ0v) is 16.3. The van der Waals surface area contributed by atoms with Gasteiger partial charge < -0.3 is 25.2 Å². The molecule has 6 heteroatoms. The summed E-state index contributed by atoms with van der Waals surface area (Å²) >= 11 is 0. The van der Waals surface area contributed by atoms with E-state index in [1.807, 2.05) is 36.4 Å². The van der Waals surface area contributed by atoms with Crippen LogP contribution < -0.4 is 20.1 Å². The maximum Gasteiger partial charge on any atom is 0.231 e. The number of nitrogens with one attached hydrogen (secondary N) is 2. The van der Waals surface area contributed by atoms with Gasteiger partial charge in [-0.15, -0.1) is 0 Å². The van der Waals surface area contributed by atoms with Gasteiger partial charge in [0.1, 0.15) is 0 Å². The summed E-state index contributed by atoms with van der Waals surface area (Å²) in [4.78, 5) is 12.7. The lowest BCUT2D eigenvalue weighted by Crippen LogP contribution is -2.48. The van der Waals surface area contributed by atoms with Crippen molar-refractivity contribution < 1.29 is 19.4 Å². The second kappa shape index (κ2) is 7.35. The molecule has 0 unspecified atom stereocenters. The van der Waals surface area contributed by atoms with E-state index in [0.29, 0.717) is 12.8 Å². The van der Waals surface area contributed by atoms with Crippen LogP contribution in [0.15, 0.2) is 42.5 Å². The topological polar surface area (TPSA) is 79.8 Å². The first-order chi connectivity index (χ1) is 14.2. The third-order valence-corrected chi connectivity index (χ3v) is 6.60. The quantitative estimate of drug-likeness (QED) is 0.741. The first kappa shape index (κ1) is 18.5. The maximum atomic E-state index is 12.7. The number of amides is 1. The third kappa shape index (κ3) is 3.16. The first-order valence-electron chi connectivity index (χ1n) is 10.3. The molecule has 2 aliphatic heterocycles. The number of hydrogen-bond donors (Lipinski definition) is 3. The van der Waals surface area contributed by atoms with Gasteiger partial charge in [-0.25, -0.2) is 0 Å². The Morgan fingerprint density at radius 1 is 1.14 bits per heavy atom. The van der Waals surface area contributed by atoms with Crippen molar-refractivity contribution in [3.05, 3.63) is 59.2 Å². The molecule has 1 amide bonds. The van der Waals surface area contributed by atoms with E-state index in [0.717, 1.165) is 48.6 Å². The van der Waals surface area contributed by atoms with Crippen LogP contribution in [0.3, 0.4) is 0 Å². The van der Waals surface area contributed by atoms with Crippen molar-refractivity contribution in [2.75, 3.05) is 19.9 Å². The smallest absolute Gasteiger partial charge is 0.231 e. The fourth-order valence-corrected chi connectivity index (χ4v) is 5.06. The molecule has 6 nitrogen and oxygen atoms in total. The number of carbonyl (C=O) groups is 1. The average Bonchev–Trinajstić information content (AvgIpc) is 3.31. The summed E-state index contributed by atoms with van der Waals surface area (Å²) in [5.74, 6) is 1.43. The van der Waals surface area contributed by atoms with E-state index in [2.05, 4.69) is 16.7 Å². The van der Waals surface area contributed by atoms with Gasteiger partial charge in [0.05, 0.1) is 12.1 Å². The molecule has 2 aromatic rings. The molecular weight excluding hydrogens is 368 g/mol. The van der Waals surface area contributed by atoms with Gasteiger partial charge in [0.15, 0.2) is 11.5 Å². The standard InChI is InChI=1S/C23H26N2O4/c26-20(8-6-15-5-7-18-19(13-15)29-14-28-18)25-21-16-3-1-2-4-17(16)23(22(21)27)9-11-24-12-10-23/h1-5,7,13,21-22,24,27H,6,8-12,14H2,(H,25,26)/t21-,22+/m0/s1. The van der Waals surface area contributed by atoms with E-state index in [1.165, 1.54) is 5.56 Å². The summed E-state index contributed by atoms with van der Waals surface area (Å²) in [6, 6.07) is 13.6. The summed E-state index contributed by atoms with van der Waals surface area (Å²) in [7, 11) is 0. The normalized spacial score (nSPS) is 23.8. The van der Waals surface area contributed by atoms with Gasteiger partial charge in [0.2, 0.25) is 12.7 Å². The van der Waals surface area contributed by atoms with Crippen molar-refractivity contribution in [2.24, 2.45) is 0 Å². The summed E-state index contributed by atoms with van der Waals surface area (Å²) in [6.07, 6.45) is 2.14. The van der Waals surface area contributed by atoms with Gasteiger partial charge >= 0.3 is 0 Å². The highest BCUT2D eigenvalue weighted by molar-refractivity contribution is 5.77. The Kier molecular flexibility index (Phi) is 4.68. The van der Waals surface area contributed by atoms with Gasteiger partial charge in [-0.05, 0) is 61.2 Å². The molecule has 1 aliphatic carbocycles. The fourth-order valence-electron chi connectivity index (χ4n) is 5.06. The zero-order chi connectivity index (χ0) is 19.8. The number of rotatable bonds is 4. The average molecular weight is 394 g/mol. The summed E-state index contributed by atoms with van der Waals surface area (Å²) in [6.45, 7) is 2.02. The Morgan fingerprint density at radius 3 is 2.79 bits per heavy atom. The highest BCUT2D eigenvalue weighted by atomic mass is 16.7. The first-order valence-corrected chi connectivity index (χ1v) is 10.3. The summed E-state index contributed by atoms with van der Waals surface area (Å²) in [5.41, 5.74) is 3.01. The predicted molar refractivity (Wildman–Crippen MR) is 108 cm³/mol. The number of carbonyl (C=O) groups excluding carboxylic acids is 1. The summed E-state index contributed by atoms with van der Waals surface area (Å²) < 4.78 is 10.7. The van der Waals surface area contributed by atoms with Crippen molar-refractivity contribution in [3.63, 3.8) is 0 Å². The number of fused-ring (bicyclic) bond motifs is 3. The predicted octanol–water partition coefficient (Wildman–Crippen LogP) is 2.20. The molecule has 1 fully saturated rings. The number of benzene rings is 2. The number of piperidine rings is 1. The Labute approximate surface area is 170 Å². The second-order valence-corrected chi connectivity index (χ2v) is 8.17. The lowest BCUT2D eigenvalue weighted by molar-refractivity contribution is -0.123. The van der Waals surface area contributed by atoms with Crippen molar-refractivity contribution in [3.8, 4) is 11.5 Å². The summed E-state index contributed by atoms with van der Waals surface area (Å²) in [5, 5.41) is 17.7. The molecule has 0 radical (unpaired) electrons. The van der Waals surface area contributed by atoms with Crippen LogP contribution in [0, 0.1) is 0 Å². The second-order valence-electron chi connectivity index (χ2n) is 8.17. The minimum atomic E-state index is -0.600. The minimum Gasteiger partial charge on any atom is -0.454 e. The molecule has 1 spiro atoms. The van der Waals surface area contributed by atoms with Crippen LogP contribution in [-0.2, 0) is 16.6 Å². The van der Waals surface area contributed by atoms with E-state index in [-0.39, 0.29) is 24.2 Å². The van der Waals surface area contributed by atoms with E-state index in [4.69, 9.17) is 9.47 Å². The molecule has 3 aliphatic rings. The largest absolute Gasteiger partial charge is 0.454 e. The molecule has 5 rings (SSSR count). The number of aliphatic hydroxyl groups excluding tert-OH is 1. The van der Waals surface area contributed by atoms with Crippen LogP contribution in [0.25, 0.3) is 0 Å². The van der Waals surface area contributed by atoms with Crippen molar-refractivity contribution in [1.82, 2.24) is 10.6 Å². The highest BCUT2D eigenvalue weighted by Crippen LogP contribution is 2.50. The lowest BCUT2D eigenvalue weighted by Gasteiger charge is -2.38. The third-order valence-electron chi connectivity index (χ3n) is 6.60. The molecule has 3 N–H and O–H groups in total. The van der Waals surface area contributed by atoms with E-state index >= 15 is 0 Å². The molecule has 2 atom stereocenters. The Bertz CT molecular complexity index is 923. The molecule has 0 bridgehead atoms. The molecule has 29 heavy (non-hydrogen) atoms. The van der Waals surface area contributed by atoms with Crippen molar-refractivity contribution in [2.45, 2.75) is 43.2 Å². The monoisotopic (exact) mass is 394 g/mol. The van der Waals surface area contributed by atoms with E-state index < -0.39 is 6.10 Å². The zero-order valence-electron chi connectivity index (χ0n) is 16.3. The molecule has 0 aromatic heterocycles. The maximum absolute atomic E-state index is 12.7. The van der Waals surface area contributed by atoms with Crippen LogP contribution in [0.4, 0.5) is 0 Å². The number of aliphatic hydroxyl groups is 1. The fraction of sp³-hybridized carbons (Fsp3) is 0.435. The van der Waals surface area contributed by atoms with Crippen LogP contribution >= 0.6 is 0 Å². The van der Waals surface area contributed by atoms with Crippen molar-refractivity contribution in [1.29, 1.82) is 0 Å². The molecule has 2 heterocycles. The molecule has 1 saturated heterocycles. The van der Waals surface area contributed by atoms with Gasteiger partial charge in [0.25, 0.3) is 0 Å². The van der Waals surface area contributed by atoms with Crippen LogP contribution in [0.2, 0.25) is 0 Å². The number of aryl methyl sites for hydroxylation is 1. The van der Waals surface area contributed by atoms with Crippen LogP contribution in [0.1, 0.15) is 42.0 Å². The lowest BCUT2D eigenvalue weighted by atomic mass is 9.72. The molecule has 2 aromatic carbocycles. The van der Waals surface area contributed by atoms with Crippen molar-refractivity contribution >= 4 is 5.91 Å². The van der Waals surface area contributed by atoms with E-state index in [9.17, 15) is 9.90 Å². The highest BCUT2D eigenvalue weighted by Gasteiger charge is 2.51. The Morgan fingerprint density at radius 2 is 1.93 bits per heavy atom. The van der Waals surface area contributed by atoms with Gasteiger partial charge in [-0.3, -0.25) is 4.79 Å². The van der Waals surface area contributed by atoms with Crippen LogP contribution in [0.5, 0.6) is 11.5 Å². The van der Waals surface area contributed by atoms with Gasteiger partial charge in [0, 0.05) is 11.8 Å². The van der Waals surface area contributed by atoms with E-state index in [1.54, 1.807) is 0 Å². The van der Waals surface area contributed by atoms with Crippen LogP contribution in [-0.4, -0.2) is 37.0 Å². The molecule has 152 valence electrons. The Hall–Kier alpha value is -2.57. The Balaban J connectivity index is 1.29. The number of hydrogen-bond acceptors (Lipinski definition) is 5. The SMILES string of the molecule is O=C(CCc1ccc2c(c1)OCO2)N[C@H]1c2ccccc2C2(CCNCC2)[C@@H]1O. The molecular formula is C23H26N2O4. The van der Waals surface area contributed by atoms with Gasteiger partial charge in [-0.1, -0.05) is 30.3 Å². The molecule has 0 saturated carbocycles. The van der Waals surface area contributed by atoms with Gasteiger partial charge in [-0.2, -0.15) is 0 Å².